The highest BCUT2D eigenvalue weighted by molar-refractivity contribution is 7.89. The molecule has 2 aliphatic heterocycles. The second-order valence-electron chi connectivity index (χ2n) is 7.43. The van der Waals surface area contributed by atoms with Crippen molar-refractivity contribution in [2.24, 2.45) is 0 Å². The van der Waals surface area contributed by atoms with Crippen LogP contribution in [0.5, 0.6) is 0 Å². The van der Waals surface area contributed by atoms with Gasteiger partial charge in [-0.05, 0) is 61.7 Å². The molecule has 27 heavy (non-hydrogen) atoms. The fraction of sp³-hybridized carbons (Fsp3) is 0.381. The van der Waals surface area contributed by atoms with Gasteiger partial charge in [-0.25, -0.2) is 8.42 Å². The molecule has 2 fully saturated rings. The van der Waals surface area contributed by atoms with Crippen molar-refractivity contribution in [3.63, 3.8) is 0 Å². The lowest BCUT2D eigenvalue weighted by molar-refractivity contribution is 0.117. The van der Waals surface area contributed by atoms with Crippen molar-refractivity contribution in [3.8, 4) is 17.2 Å². The number of benzene rings is 2. The summed E-state index contributed by atoms with van der Waals surface area (Å²) >= 11 is 0. The Kier molecular flexibility index (Phi) is 4.77. The Morgan fingerprint density at radius 2 is 1.85 bits per heavy atom. The van der Waals surface area contributed by atoms with Crippen molar-refractivity contribution >= 4 is 10.0 Å². The van der Waals surface area contributed by atoms with E-state index in [1.807, 2.05) is 25.1 Å². The maximum atomic E-state index is 13.3. The molecule has 2 aromatic carbocycles. The summed E-state index contributed by atoms with van der Waals surface area (Å²) < 4.78 is 28.3. The smallest absolute Gasteiger partial charge is 0.243 e. The second kappa shape index (κ2) is 7.08. The summed E-state index contributed by atoms with van der Waals surface area (Å²) in [6.45, 7) is 4.46. The molecule has 2 aliphatic rings. The van der Waals surface area contributed by atoms with Crippen LogP contribution in [0.25, 0.3) is 11.1 Å². The minimum absolute atomic E-state index is 0.0251. The minimum atomic E-state index is -3.54. The number of hydrogen-bond acceptors (Lipinski definition) is 4. The van der Waals surface area contributed by atoms with Gasteiger partial charge < -0.3 is 0 Å². The third-order valence-corrected chi connectivity index (χ3v) is 7.64. The maximum absolute atomic E-state index is 13.3. The van der Waals surface area contributed by atoms with Crippen molar-refractivity contribution in [3.05, 3.63) is 54.1 Å². The zero-order valence-electron chi connectivity index (χ0n) is 15.4. The Morgan fingerprint density at radius 1 is 1.07 bits per heavy atom. The zero-order valence-corrected chi connectivity index (χ0v) is 16.2. The first kappa shape index (κ1) is 18.2. The van der Waals surface area contributed by atoms with E-state index in [2.05, 4.69) is 11.0 Å². The van der Waals surface area contributed by atoms with Crippen molar-refractivity contribution < 1.29 is 8.42 Å². The van der Waals surface area contributed by atoms with E-state index in [1.54, 1.807) is 34.6 Å². The molecule has 0 saturated carbocycles. The molecule has 0 N–H and O–H groups in total. The Hall–Kier alpha value is -2.20. The van der Waals surface area contributed by atoms with Gasteiger partial charge >= 0.3 is 0 Å². The zero-order chi connectivity index (χ0) is 19.0. The molecule has 0 bridgehead atoms. The Balaban J connectivity index is 1.65. The van der Waals surface area contributed by atoms with Crippen molar-refractivity contribution in [1.29, 1.82) is 5.26 Å². The van der Waals surface area contributed by atoms with E-state index in [0.29, 0.717) is 23.0 Å². The van der Waals surface area contributed by atoms with Gasteiger partial charge in [0, 0.05) is 25.2 Å². The number of sulfonamides is 1. The SMILES string of the molecule is C[C@@H]1CN2CCC[C@H]2CN1S(=O)(=O)c1cccc(-c2ccc(C#N)cc2)c1. The van der Waals surface area contributed by atoms with E-state index < -0.39 is 10.0 Å². The average molecular weight is 382 g/mol. The largest absolute Gasteiger partial charge is 0.297 e. The van der Waals surface area contributed by atoms with Crippen LogP contribution in [0.3, 0.4) is 0 Å². The molecule has 0 unspecified atom stereocenters. The van der Waals surface area contributed by atoms with Gasteiger partial charge in [0.15, 0.2) is 0 Å². The summed E-state index contributed by atoms with van der Waals surface area (Å²) in [5, 5.41) is 8.95. The first-order chi connectivity index (χ1) is 13.0. The highest BCUT2D eigenvalue weighted by Crippen LogP contribution is 2.30. The van der Waals surface area contributed by atoms with Crippen LogP contribution in [0.2, 0.25) is 0 Å². The molecule has 4 rings (SSSR count). The molecule has 0 amide bonds. The minimum Gasteiger partial charge on any atom is -0.297 e. The Labute approximate surface area is 160 Å². The van der Waals surface area contributed by atoms with Crippen molar-refractivity contribution in [2.75, 3.05) is 19.6 Å². The topological polar surface area (TPSA) is 64.4 Å². The molecule has 0 radical (unpaired) electrons. The fourth-order valence-electron chi connectivity index (χ4n) is 4.20. The van der Waals surface area contributed by atoms with Crippen LogP contribution in [-0.2, 0) is 10.0 Å². The van der Waals surface area contributed by atoms with Gasteiger partial charge in [0.1, 0.15) is 0 Å². The lowest BCUT2D eigenvalue weighted by Gasteiger charge is -2.41. The van der Waals surface area contributed by atoms with Gasteiger partial charge in [-0.3, -0.25) is 4.90 Å². The van der Waals surface area contributed by atoms with Crippen molar-refractivity contribution in [2.45, 2.75) is 36.7 Å². The summed E-state index contributed by atoms with van der Waals surface area (Å²) in [6, 6.07) is 16.7. The predicted octanol–water partition coefficient (Wildman–Crippen LogP) is 3.08. The maximum Gasteiger partial charge on any atom is 0.243 e. The molecule has 140 valence electrons. The number of fused-ring (bicyclic) bond motifs is 1. The van der Waals surface area contributed by atoms with Crippen LogP contribution < -0.4 is 0 Å². The standard InChI is InChI=1S/C21H23N3O2S/c1-16-14-23-11-3-5-20(23)15-24(16)27(25,26)21-6-2-4-19(12-21)18-9-7-17(13-22)8-10-18/h2,4,6-10,12,16,20H,3,5,11,14-15H2,1H3/t16-,20+/m1/s1. The predicted molar refractivity (Wildman–Crippen MR) is 105 cm³/mol. The van der Waals surface area contributed by atoms with E-state index in [4.69, 9.17) is 5.26 Å². The first-order valence-electron chi connectivity index (χ1n) is 9.35. The molecule has 5 nitrogen and oxygen atoms in total. The summed E-state index contributed by atoms with van der Waals surface area (Å²) in [6.07, 6.45) is 2.23. The van der Waals surface area contributed by atoms with E-state index in [9.17, 15) is 8.42 Å². The second-order valence-corrected chi connectivity index (χ2v) is 9.32. The molecular formula is C21H23N3O2S. The van der Waals surface area contributed by atoms with Crippen molar-refractivity contribution in [1.82, 2.24) is 9.21 Å². The molecule has 2 atom stereocenters. The molecule has 0 aliphatic carbocycles. The van der Waals surface area contributed by atoms with Crippen LogP contribution in [0, 0.1) is 11.3 Å². The molecule has 2 saturated heterocycles. The van der Waals surface area contributed by atoms with E-state index in [1.165, 1.54) is 0 Å². The van der Waals surface area contributed by atoms with Crippen LogP contribution in [-0.4, -0.2) is 49.3 Å². The number of hydrogen-bond donors (Lipinski definition) is 0. The van der Waals surface area contributed by atoms with Gasteiger partial charge in [-0.2, -0.15) is 9.57 Å². The number of piperazine rings is 1. The van der Waals surface area contributed by atoms with Crippen LogP contribution in [0.4, 0.5) is 0 Å². The van der Waals surface area contributed by atoms with Gasteiger partial charge in [-0.1, -0.05) is 24.3 Å². The van der Waals surface area contributed by atoms with Gasteiger partial charge in [0.2, 0.25) is 10.0 Å². The molecular weight excluding hydrogens is 358 g/mol. The number of nitriles is 1. The molecule has 2 aromatic rings. The lowest BCUT2D eigenvalue weighted by Crippen LogP contribution is -2.56. The molecule has 0 aromatic heterocycles. The highest BCUT2D eigenvalue weighted by Gasteiger charge is 2.40. The summed E-state index contributed by atoms with van der Waals surface area (Å²) in [4.78, 5) is 2.76. The number of rotatable bonds is 3. The van der Waals surface area contributed by atoms with Gasteiger partial charge in [0.25, 0.3) is 0 Å². The fourth-order valence-corrected chi connectivity index (χ4v) is 5.91. The summed E-state index contributed by atoms with van der Waals surface area (Å²) in [5.41, 5.74) is 2.33. The van der Waals surface area contributed by atoms with E-state index in [0.717, 1.165) is 37.1 Å². The van der Waals surface area contributed by atoms with Gasteiger partial charge in [-0.15, -0.1) is 0 Å². The molecule has 0 spiro atoms. The highest BCUT2D eigenvalue weighted by atomic mass is 32.2. The van der Waals surface area contributed by atoms with E-state index in [-0.39, 0.29) is 6.04 Å². The van der Waals surface area contributed by atoms with Gasteiger partial charge in [0.05, 0.1) is 16.5 Å². The monoisotopic (exact) mass is 381 g/mol. The van der Waals surface area contributed by atoms with Crippen LogP contribution in [0.15, 0.2) is 53.4 Å². The third-order valence-electron chi connectivity index (χ3n) is 5.67. The molecule has 2 heterocycles. The molecule has 6 heteroatoms. The third kappa shape index (κ3) is 3.39. The summed E-state index contributed by atoms with van der Waals surface area (Å²) in [7, 11) is -3.54. The lowest BCUT2D eigenvalue weighted by atomic mass is 10.0. The quantitative estimate of drug-likeness (QED) is 0.820. The number of nitrogens with zero attached hydrogens (tertiary/aromatic N) is 3. The summed E-state index contributed by atoms with van der Waals surface area (Å²) in [5.74, 6) is 0. The normalized spacial score (nSPS) is 23.7. The average Bonchev–Trinajstić information content (AvgIpc) is 3.14. The van der Waals surface area contributed by atoms with Crippen LogP contribution >= 0.6 is 0 Å². The van der Waals surface area contributed by atoms with Crippen LogP contribution in [0.1, 0.15) is 25.3 Å². The Bertz CT molecular complexity index is 979. The first-order valence-corrected chi connectivity index (χ1v) is 10.8. The Morgan fingerprint density at radius 3 is 2.59 bits per heavy atom. The van der Waals surface area contributed by atoms with E-state index >= 15 is 0 Å².